The molecule has 0 bridgehead atoms. The Morgan fingerprint density at radius 2 is 2.06 bits per heavy atom. The summed E-state index contributed by atoms with van der Waals surface area (Å²) in [5, 5.41) is 1.83. The average Bonchev–Trinajstić information content (AvgIpc) is 2.33. The summed E-state index contributed by atoms with van der Waals surface area (Å²) in [5.41, 5.74) is 0.618. The Labute approximate surface area is 112 Å². The van der Waals surface area contributed by atoms with Crippen molar-refractivity contribution in [3.05, 3.63) is 45.9 Å². The lowest BCUT2D eigenvalue weighted by Crippen LogP contribution is -2.33. The predicted octanol–water partition coefficient (Wildman–Crippen LogP) is 2.68. The molecule has 2 rings (SSSR count). The van der Waals surface area contributed by atoms with E-state index in [9.17, 15) is 9.59 Å². The minimum Gasteiger partial charge on any atom is -0.310 e. The topological polar surface area (TPSA) is 37.4 Å². The largest absolute Gasteiger partial charge is 0.310 e. The van der Waals surface area contributed by atoms with E-state index in [1.165, 1.54) is 16.7 Å². The third-order valence-electron chi connectivity index (χ3n) is 2.34. The molecule has 0 atom stereocenters. The quantitative estimate of drug-likeness (QED) is 0.805. The van der Waals surface area contributed by atoms with Gasteiger partial charge in [0, 0.05) is 16.2 Å². The average molecular weight is 312 g/mol. The van der Waals surface area contributed by atoms with Gasteiger partial charge in [0.2, 0.25) is 5.91 Å². The van der Waals surface area contributed by atoms with Crippen LogP contribution in [0.2, 0.25) is 0 Å². The van der Waals surface area contributed by atoms with Crippen LogP contribution in [0.1, 0.15) is 10.4 Å². The maximum atomic E-state index is 11.9. The van der Waals surface area contributed by atoms with Crippen LogP contribution >= 0.6 is 27.7 Å². The first-order valence-electron chi connectivity index (χ1n) is 5.03. The summed E-state index contributed by atoms with van der Waals surface area (Å²) < 4.78 is 0.930. The minimum atomic E-state index is -0.0533. The fourth-order valence-corrected chi connectivity index (χ4v) is 2.33. The number of halogens is 1. The van der Waals surface area contributed by atoms with Crippen molar-refractivity contribution in [1.82, 2.24) is 4.90 Å². The van der Waals surface area contributed by atoms with Gasteiger partial charge in [0.1, 0.15) is 0 Å². The molecule has 0 aliphatic carbocycles. The van der Waals surface area contributed by atoms with Crippen molar-refractivity contribution in [2.75, 3.05) is 12.3 Å². The molecule has 0 N–H and O–H groups in total. The number of ketones is 1. The molecule has 1 aliphatic heterocycles. The molecule has 0 unspecified atom stereocenters. The second-order valence-corrected chi connectivity index (χ2v) is 5.36. The third-order valence-corrected chi connectivity index (χ3v) is 3.60. The smallest absolute Gasteiger partial charge is 0.237 e. The molecule has 3 nitrogen and oxygen atoms in total. The van der Waals surface area contributed by atoms with Gasteiger partial charge >= 0.3 is 0 Å². The number of hydrogen-bond donors (Lipinski definition) is 0. The van der Waals surface area contributed by atoms with Crippen molar-refractivity contribution in [2.24, 2.45) is 0 Å². The molecule has 88 valence electrons. The van der Waals surface area contributed by atoms with Crippen LogP contribution in [0.25, 0.3) is 0 Å². The van der Waals surface area contributed by atoms with Crippen LogP contribution < -0.4 is 0 Å². The van der Waals surface area contributed by atoms with E-state index in [0.717, 1.165) is 4.47 Å². The normalized spacial score (nSPS) is 15.1. The lowest BCUT2D eigenvalue weighted by molar-refractivity contribution is -0.125. The predicted molar refractivity (Wildman–Crippen MR) is 71.8 cm³/mol. The van der Waals surface area contributed by atoms with Crippen LogP contribution in [0.4, 0.5) is 0 Å². The van der Waals surface area contributed by atoms with Gasteiger partial charge in [-0.1, -0.05) is 28.1 Å². The molecule has 1 amide bonds. The number of hydrogen-bond acceptors (Lipinski definition) is 3. The highest BCUT2D eigenvalue weighted by Crippen LogP contribution is 2.14. The highest BCUT2D eigenvalue weighted by Gasteiger charge is 2.18. The highest BCUT2D eigenvalue weighted by molar-refractivity contribution is 9.10. The van der Waals surface area contributed by atoms with E-state index in [-0.39, 0.29) is 18.2 Å². The number of benzene rings is 1. The summed E-state index contributed by atoms with van der Waals surface area (Å²) in [5.74, 6) is 0.328. The zero-order valence-corrected chi connectivity index (χ0v) is 11.3. The lowest BCUT2D eigenvalue weighted by Gasteiger charge is -2.20. The first kappa shape index (κ1) is 12.4. The summed E-state index contributed by atoms with van der Waals surface area (Å²) in [7, 11) is 0. The van der Waals surface area contributed by atoms with E-state index < -0.39 is 0 Å². The molecule has 5 heteroatoms. The van der Waals surface area contributed by atoms with E-state index in [4.69, 9.17) is 0 Å². The molecule has 1 aromatic carbocycles. The van der Waals surface area contributed by atoms with Crippen LogP contribution in [-0.4, -0.2) is 28.9 Å². The van der Waals surface area contributed by atoms with Gasteiger partial charge in [-0.25, -0.2) is 0 Å². The molecule has 0 radical (unpaired) electrons. The molecular weight excluding hydrogens is 302 g/mol. The fourth-order valence-electron chi connectivity index (χ4n) is 1.42. The van der Waals surface area contributed by atoms with E-state index in [1.807, 2.05) is 17.5 Å². The number of nitrogens with zero attached hydrogens (tertiary/aromatic N) is 1. The summed E-state index contributed by atoms with van der Waals surface area (Å²) >= 11 is 4.76. The molecule has 0 fully saturated rings. The summed E-state index contributed by atoms with van der Waals surface area (Å²) in [6.07, 6.45) is 1.66. The van der Waals surface area contributed by atoms with Crippen LogP contribution in [-0.2, 0) is 4.79 Å². The zero-order chi connectivity index (χ0) is 12.3. The van der Waals surface area contributed by atoms with E-state index in [1.54, 1.807) is 18.3 Å². The number of Topliss-reactive ketones (excluding diaryl/α,β-unsaturated/α-hetero) is 1. The van der Waals surface area contributed by atoms with Crippen molar-refractivity contribution in [1.29, 1.82) is 0 Å². The standard InChI is InChI=1S/C12H10BrNO2S/c13-10-3-1-9(2-4-10)11(15)7-14-5-6-17-8-12(14)16/h1-6H,7-8H2. The Bertz CT molecular complexity index is 470. The molecule has 1 aliphatic rings. The van der Waals surface area contributed by atoms with Gasteiger partial charge in [-0.3, -0.25) is 9.59 Å². The molecule has 1 heterocycles. The Morgan fingerprint density at radius 1 is 1.35 bits per heavy atom. The van der Waals surface area contributed by atoms with Crippen molar-refractivity contribution >= 4 is 39.4 Å². The van der Waals surface area contributed by atoms with Crippen molar-refractivity contribution < 1.29 is 9.59 Å². The van der Waals surface area contributed by atoms with Crippen molar-refractivity contribution in [3.63, 3.8) is 0 Å². The summed E-state index contributed by atoms with van der Waals surface area (Å²) in [4.78, 5) is 24.9. The second-order valence-electron chi connectivity index (χ2n) is 3.55. The van der Waals surface area contributed by atoms with Gasteiger partial charge in [0.25, 0.3) is 0 Å². The van der Waals surface area contributed by atoms with E-state index in [0.29, 0.717) is 11.3 Å². The molecule has 0 saturated carbocycles. The van der Waals surface area contributed by atoms with Gasteiger partial charge < -0.3 is 4.90 Å². The molecule has 17 heavy (non-hydrogen) atoms. The molecule has 0 spiro atoms. The molecule has 0 saturated heterocycles. The maximum absolute atomic E-state index is 11.9. The number of rotatable bonds is 3. The van der Waals surface area contributed by atoms with Gasteiger partial charge in [-0.2, -0.15) is 0 Å². The van der Waals surface area contributed by atoms with Crippen LogP contribution in [0, 0.1) is 0 Å². The Kier molecular flexibility index (Phi) is 4.02. The monoisotopic (exact) mass is 311 g/mol. The van der Waals surface area contributed by atoms with Crippen molar-refractivity contribution in [3.8, 4) is 0 Å². The number of carbonyl (C=O) groups excluding carboxylic acids is 2. The third kappa shape index (κ3) is 3.20. The summed E-state index contributed by atoms with van der Waals surface area (Å²) in [6, 6.07) is 7.13. The van der Waals surface area contributed by atoms with Crippen molar-refractivity contribution in [2.45, 2.75) is 0 Å². The lowest BCUT2D eigenvalue weighted by atomic mass is 10.1. The van der Waals surface area contributed by atoms with E-state index in [2.05, 4.69) is 15.9 Å². The second kappa shape index (κ2) is 5.51. The fraction of sp³-hybridized carbons (Fsp3) is 0.167. The first-order chi connectivity index (χ1) is 8.16. The number of thioether (sulfide) groups is 1. The van der Waals surface area contributed by atoms with Crippen LogP contribution in [0.3, 0.4) is 0 Å². The molecule has 0 aromatic heterocycles. The molecule has 1 aromatic rings. The van der Waals surface area contributed by atoms with Gasteiger partial charge in [-0.15, -0.1) is 11.8 Å². The Morgan fingerprint density at radius 3 is 2.71 bits per heavy atom. The zero-order valence-electron chi connectivity index (χ0n) is 8.93. The van der Waals surface area contributed by atoms with Crippen LogP contribution in [0.15, 0.2) is 40.3 Å². The van der Waals surface area contributed by atoms with Crippen LogP contribution in [0.5, 0.6) is 0 Å². The van der Waals surface area contributed by atoms with Gasteiger partial charge in [-0.05, 0) is 17.5 Å². The molecular formula is C12H10BrNO2S. The highest BCUT2D eigenvalue weighted by atomic mass is 79.9. The van der Waals surface area contributed by atoms with Gasteiger partial charge in [0.05, 0.1) is 12.3 Å². The van der Waals surface area contributed by atoms with Gasteiger partial charge in [0.15, 0.2) is 5.78 Å². The first-order valence-corrected chi connectivity index (χ1v) is 6.87. The summed E-state index contributed by atoms with van der Waals surface area (Å²) in [6.45, 7) is 0.109. The Hall–Kier alpha value is -1.07. The Balaban J connectivity index is 2.06. The SMILES string of the molecule is O=C(CN1C=CSCC1=O)c1ccc(Br)cc1. The number of amides is 1. The van der Waals surface area contributed by atoms with E-state index >= 15 is 0 Å². The number of carbonyl (C=O) groups is 2. The maximum Gasteiger partial charge on any atom is 0.237 e. The minimum absolute atomic E-state index is 0.0250.